The number of hydrogen-bond donors (Lipinski definition) is 2. The van der Waals surface area contributed by atoms with Crippen molar-refractivity contribution in [2.24, 2.45) is 11.8 Å². The van der Waals surface area contributed by atoms with Crippen LogP contribution in [-0.4, -0.2) is 50.5 Å². The van der Waals surface area contributed by atoms with Crippen LogP contribution in [0.25, 0.3) is 0 Å². The second-order valence-corrected chi connectivity index (χ2v) is 3.68. The van der Waals surface area contributed by atoms with Crippen LogP contribution in [0.4, 0.5) is 0 Å². The van der Waals surface area contributed by atoms with Gasteiger partial charge in [-0.25, -0.2) is 0 Å². The maximum atomic E-state index is 11.4. The number of nitrogens with one attached hydrogen (secondary N) is 1. The Bertz CT molecular complexity index is 256. The van der Waals surface area contributed by atoms with Crippen molar-refractivity contribution in [1.82, 2.24) is 5.32 Å². The standard InChI is InChI=1S/C10H17NO5/c1-15-4-5-16-3-2-11-9(12)7-6-8(7)10(13)14/h7-8H,2-6H2,1H3,(H,11,12)(H,13,14). The van der Waals surface area contributed by atoms with E-state index in [1.54, 1.807) is 7.11 Å². The average Bonchev–Trinajstić information content (AvgIpc) is 3.02. The summed E-state index contributed by atoms with van der Waals surface area (Å²) in [5, 5.41) is 11.3. The van der Waals surface area contributed by atoms with Gasteiger partial charge in [-0.1, -0.05) is 0 Å². The molecule has 1 saturated carbocycles. The van der Waals surface area contributed by atoms with Gasteiger partial charge in [0.1, 0.15) is 0 Å². The first-order chi connectivity index (χ1) is 7.66. The Morgan fingerprint density at radius 1 is 1.31 bits per heavy atom. The van der Waals surface area contributed by atoms with E-state index in [0.717, 1.165) is 0 Å². The van der Waals surface area contributed by atoms with E-state index in [-0.39, 0.29) is 11.8 Å². The molecule has 6 nitrogen and oxygen atoms in total. The van der Waals surface area contributed by atoms with E-state index in [1.165, 1.54) is 0 Å². The average molecular weight is 231 g/mol. The fraction of sp³-hybridized carbons (Fsp3) is 0.800. The minimum Gasteiger partial charge on any atom is -0.481 e. The van der Waals surface area contributed by atoms with Crippen LogP contribution >= 0.6 is 0 Å². The number of carboxylic acid groups (broad SMARTS) is 1. The number of hydrogen-bond acceptors (Lipinski definition) is 4. The first-order valence-electron chi connectivity index (χ1n) is 5.24. The number of ether oxygens (including phenoxy) is 2. The van der Waals surface area contributed by atoms with E-state index in [9.17, 15) is 9.59 Å². The van der Waals surface area contributed by atoms with Crippen LogP contribution in [0.3, 0.4) is 0 Å². The third-order valence-corrected chi connectivity index (χ3v) is 2.42. The van der Waals surface area contributed by atoms with E-state index in [2.05, 4.69) is 5.32 Å². The van der Waals surface area contributed by atoms with Crippen molar-refractivity contribution in [3.63, 3.8) is 0 Å². The maximum absolute atomic E-state index is 11.4. The molecule has 0 saturated heterocycles. The Hall–Kier alpha value is -1.14. The summed E-state index contributed by atoms with van der Waals surface area (Å²) in [6.07, 6.45) is 0.450. The molecule has 1 fully saturated rings. The predicted octanol–water partition coefficient (Wildman–Crippen LogP) is -0.514. The molecule has 0 aromatic heterocycles. The Balaban J connectivity index is 1.98. The van der Waals surface area contributed by atoms with Gasteiger partial charge in [-0.05, 0) is 6.42 Å². The second-order valence-electron chi connectivity index (χ2n) is 3.68. The van der Waals surface area contributed by atoms with Gasteiger partial charge in [0.25, 0.3) is 0 Å². The van der Waals surface area contributed by atoms with Gasteiger partial charge in [0, 0.05) is 13.7 Å². The molecule has 0 radical (unpaired) electrons. The molecule has 0 aromatic rings. The molecule has 0 spiro atoms. The molecule has 1 aliphatic carbocycles. The summed E-state index contributed by atoms with van der Waals surface area (Å²) in [6.45, 7) is 1.84. The molecule has 6 heteroatoms. The van der Waals surface area contributed by atoms with Gasteiger partial charge in [-0.2, -0.15) is 0 Å². The molecule has 2 atom stereocenters. The number of aliphatic carboxylic acids is 1. The third-order valence-electron chi connectivity index (χ3n) is 2.42. The number of methoxy groups -OCH3 is 1. The van der Waals surface area contributed by atoms with Crippen LogP contribution in [0.2, 0.25) is 0 Å². The van der Waals surface area contributed by atoms with Crippen molar-refractivity contribution < 1.29 is 24.2 Å². The van der Waals surface area contributed by atoms with E-state index in [1.807, 2.05) is 0 Å². The number of carbonyl (C=O) groups excluding carboxylic acids is 1. The highest BCUT2D eigenvalue weighted by Gasteiger charge is 2.48. The summed E-state index contributed by atoms with van der Waals surface area (Å²) >= 11 is 0. The smallest absolute Gasteiger partial charge is 0.307 e. The topological polar surface area (TPSA) is 84.9 Å². The minimum absolute atomic E-state index is 0.192. The van der Waals surface area contributed by atoms with E-state index in [4.69, 9.17) is 14.6 Å². The largest absolute Gasteiger partial charge is 0.481 e. The zero-order chi connectivity index (χ0) is 12.0. The maximum Gasteiger partial charge on any atom is 0.307 e. The van der Waals surface area contributed by atoms with Crippen molar-refractivity contribution in [2.75, 3.05) is 33.5 Å². The molecule has 1 amide bonds. The Labute approximate surface area is 93.9 Å². The lowest BCUT2D eigenvalue weighted by molar-refractivity contribution is -0.140. The highest BCUT2D eigenvalue weighted by atomic mass is 16.5. The zero-order valence-electron chi connectivity index (χ0n) is 9.27. The zero-order valence-corrected chi connectivity index (χ0v) is 9.27. The first-order valence-corrected chi connectivity index (χ1v) is 5.24. The SMILES string of the molecule is COCCOCCNC(=O)C1CC1C(=O)O. The summed E-state index contributed by atoms with van der Waals surface area (Å²) in [7, 11) is 1.59. The van der Waals surface area contributed by atoms with Crippen LogP contribution in [0.1, 0.15) is 6.42 Å². The normalized spacial score (nSPS) is 22.8. The number of carboxylic acids is 1. The van der Waals surface area contributed by atoms with Gasteiger partial charge < -0.3 is 19.9 Å². The first kappa shape index (κ1) is 12.9. The summed E-state index contributed by atoms with van der Waals surface area (Å²) in [5.74, 6) is -1.93. The van der Waals surface area contributed by atoms with Crippen molar-refractivity contribution >= 4 is 11.9 Å². The number of carbonyl (C=O) groups is 2. The summed E-state index contributed by atoms with van der Waals surface area (Å²) in [5.41, 5.74) is 0. The van der Waals surface area contributed by atoms with Gasteiger partial charge in [0.05, 0.1) is 31.7 Å². The quantitative estimate of drug-likeness (QED) is 0.549. The van der Waals surface area contributed by atoms with Crippen LogP contribution < -0.4 is 5.32 Å². The van der Waals surface area contributed by atoms with Crippen molar-refractivity contribution in [3.8, 4) is 0 Å². The lowest BCUT2D eigenvalue weighted by atomic mass is 10.3. The highest BCUT2D eigenvalue weighted by molar-refractivity contribution is 5.89. The van der Waals surface area contributed by atoms with Crippen LogP contribution in [0.15, 0.2) is 0 Å². The van der Waals surface area contributed by atoms with Gasteiger partial charge in [-0.3, -0.25) is 9.59 Å². The fourth-order valence-electron chi connectivity index (χ4n) is 1.38. The molecular formula is C10H17NO5. The van der Waals surface area contributed by atoms with Crippen molar-refractivity contribution in [1.29, 1.82) is 0 Å². The highest BCUT2D eigenvalue weighted by Crippen LogP contribution is 2.38. The van der Waals surface area contributed by atoms with Crippen LogP contribution in [0.5, 0.6) is 0 Å². The monoisotopic (exact) mass is 231 g/mol. The molecule has 0 aromatic carbocycles. The van der Waals surface area contributed by atoms with Crippen molar-refractivity contribution in [2.45, 2.75) is 6.42 Å². The lowest BCUT2D eigenvalue weighted by Gasteiger charge is -2.05. The summed E-state index contributed by atoms with van der Waals surface area (Å²) in [6, 6.07) is 0. The number of rotatable bonds is 8. The van der Waals surface area contributed by atoms with Gasteiger partial charge in [0.15, 0.2) is 0 Å². The van der Waals surface area contributed by atoms with Crippen molar-refractivity contribution in [3.05, 3.63) is 0 Å². The summed E-state index contributed by atoms with van der Waals surface area (Å²) < 4.78 is 9.92. The molecule has 0 bridgehead atoms. The van der Waals surface area contributed by atoms with E-state index >= 15 is 0 Å². The molecule has 1 aliphatic rings. The summed E-state index contributed by atoms with van der Waals surface area (Å²) in [4.78, 5) is 21.9. The molecule has 1 rings (SSSR count). The third kappa shape index (κ3) is 4.16. The predicted molar refractivity (Wildman–Crippen MR) is 54.9 cm³/mol. The minimum atomic E-state index is -0.892. The fourth-order valence-corrected chi connectivity index (χ4v) is 1.38. The Morgan fingerprint density at radius 2 is 2.06 bits per heavy atom. The molecule has 0 aliphatic heterocycles. The van der Waals surface area contributed by atoms with Gasteiger partial charge in [0.2, 0.25) is 5.91 Å². The molecule has 2 unspecified atom stereocenters. The molecular weight excluding hydrogens is 214 g/mol. The van der Waals surface area contributed by atoms with Crippen LogP contribution in [-0.2, 0) is 19.1 Å². The van der Waals surface area contributed by atoms with E-state index < -0.39 is 11.9 Å². The second kappa shape index (κ2) is 6.44. The van der Waals surface area contributed by atoms with Crippen LogP contribution in [0, 0.1) is 11.8 Å². The molecule has 0 heterocycles. The van der Waals surface area contributed by atoms with Gasteiger partial charge >= 0.3 is 5.97 Å². The Morgan fingerprint density at radius 3 is 2.62 bits per heavy atom. The number of amides is 1. The van der Waals surface area contributed by atoms with Gasteiger partial charge in [-0.15, -0.1) is 0 Å². The Kier molecular flexibility index (Phi) is 5.21. The molecule has 2 N–H and O–H groups in total. The molecule has 16 heavy (non-hydrogen) atoms. The molecule has 92 valence electrons. The lowest BCUT2D eigenvalue weighted by Crippen LogP contribution is -2.29. The van der Waals surface area contributed by atoms with E-state index in [0.29, 0.717) is 32.8 Å².